The van der Waals surface area contributed by atoms with Crippen molar-refractivity contribution in [2.24, 2.45) is 10.9 Å². The van der Waals surface area contributed by atoms with Crippen molar-refractivity contribution in [1.29, 1.82) is 0 Å². The quantitative estimate of drug-likeness (QED) is 0.447. The van der Waals surface area contributed by atoms with Gasteiger partial charge in [0.1, 0.15) is 0 Å². The van der Waals surface area contributed by atoms with E-state index < -0.39 is 0 Å². The summed E-state index contributed by atoms with van der Waals surface area (Å²) >= 11 is 0. The van der Waals surface area contributed by atoms with Gasteiger partial charge >= 0.3 is 0 Å². The Labute approximate surface area is 104 Å². The van der Waals surface area contributed by atoms with Crippen molar-refractivity contribution < 1.29 is 0 Å². The van der Waals surface area contributed by atoms with Gasteiger partial charge in [-0.05, 0) is 30.6 Å². The highest BCUT2D eigenvalue weighted by Gasteiger charge is 2.05. The number of hydrazone groups is 1. The second kappa shape index (κ2) is 7.85. The first-order valence-corrected chi connectivity index (χ1v) is 6.35. The van der Waals surface area contributed by atoms with Crippen LogP contribution in [0.2, 0.25) is 0 Å². The van der Waals surface area contributed by atoms with Crippen LogP contribution in [0.25, 0.3) is 0 Å². The van der Waals surface area contributed by atoms with Crippen molar-refractivity contribution in [2.45, 2.75) is 33.2 Å². The van der Waals surface area contributed by atoms with Crippen molar-refractivity contribution in [3.63, 3.8) is 0 Å². The number of hydrogen-bond acceptors (Lipinski definition) is 3. The van der Waals surface area contributed by atoms with Gasteiger partial charge < -0.3 is 5.84 Å². The van der Waals surface area contributed by atoms with E-state index in [1.165, 1.54) is 18.4 Å². The van der Waals surface area contributed by atoms with Crippen LogP contribution < -0.4 is 5.84 Å². The van der Waals surface area contributed by atoms with Crippen LogP contribution in [-0.4, -0.2) is 24.2 Å². The first kappa shape index (κ1) is 13.7. The first-order chi connectivity index (χ1) is 8.31. The molecule has 17 heavy (non-hydrogen) atoms. The minimum atomic E-state index is 0.971. The third-order valence-electron chi connectivity index (χ3n) is 2.94. The molecule has 0 saturated heterocycles. The molecule has 0 aromatic heterocycles. The van der Waals surface area contributed by atoms with Crippen molar-refractivity contribution in [1.82, 2.24) is 4.90 Å². The molecule has 0 bridgehead atoms. The lowest BCUT2D eigenvalue weighted by Crippen LogP contribution is -2.24. The standard InChI is InChI=1S/C14H23N3/c1-3-5-10-17(4-2)12-14-9-7-6-8-13(14)11-16-15/h6-9,11H,3-5,10,12,15H2,1-2H3. The molecule has 0 fully saturated rings. The van der Waals surface area contributed by atoms with Crippen LogP contribution in [0, 0.1) is 0 Å². The van der Waals surface area contributed by atoms with Crippen LogP contribution in [0.1, 0.15) is 37.8 Å². The monoisotopic (exact) mass is 233 g/mol. The average molecular weight is 233 g/mol. The molecule has 0 saturated carbocycles. The van der Waals surface area contributed by atoms with E-state index in [1.54, 1.807) is 6.21 Å². The van der Waals surface area contributed by atoms with Crippen molar-refractivity contribution >= 4 is 6.21 Å². The Morgan fingerprint density at radius 3 is 2.71 bits per heavy atom. The van der Waals surface area contributed by atoms with Gasteiger partial charge in [0, 0.05) is 6.54 Å². The van der Waals surface area contributed by atoms with Gasteiger partial charge in [0.2, 0.25) is 0 Å². The minimum absolute atomic E-state index is 0.971. The highest BCUT2D eigenvalue weighted by Crippen LogP contribution is 2.10. The number of rotatable bonds is 7. The molecule has 94 valence electrons. The lowest BCUT2D eigenvalue weighted by atomic mass is 10.1. The van der Waals surface area contributed by atoms with E-state index >= 15 is 0 Å². The van der Waals surface area contributed by atoms with Crippen LogP contribution in [0.15, 0.2) is 29.4 Å². The Hall–Kier alpha value is -1.35. The zero-order valence-corrected chi connectivity index (χ0v) is 10.9. The van der Waals surface area contributed by atoms with Crippen LogP contribution >= 0.6 is 0 Å². The molecular formula is C14H23N3. The third-order valence-corrected chi connectivity index (χ3v) is 2.94. The smallest absolute Gasteiger partial charge is 0.0541 e. The summed E-state index contributed by atoms with van der Waals surface area (Å²) in [6.45, 7) is 7.63. The maximum atomic E-state index is 5.23. The molecule has 0 unspecified atom stereocenters. The van der Waals surface area contributed by atoms with Gasteiger partial charge in [-0.1, -0.05) is 44.5 Å². The fraction of sp³-hybridized carbons (Fsp3) is 0.500. The fourth-order valence-corrected chi connectivity index (χ4v) is 1.86. The molecular weight excluding hydrogens is 210 g/mol. The third kappa shape index (κ3) is 4.57. The maximum Gasteiger partial charge on any atom is 0.0541 e. The second-order valence-electron chi connectivity index (χ2n) is 4.20. The van der Waals surface area contributed by atoms with Gasteiger partial charge in [-0.3, -0.25) is 4.90 Å². The maximum absolute atomic E-state index is 5.23. The molecule has 0 amide bonds. The van der Waals surface area contributed by atoms with Gasteiger partial charge in [-0.2, -0.15) is 5.10 Å². The summed E-state index contributed by atoms with van der Waals surface area (Å²) in [6.07, 6.45) is 4.21. The Morgan fingerprint density at radius 1 is 1.29 bits per heavy atom. The summed E-state index contributed by atoms with van der Waals surface area (Å²) in [5.74, 6) is 5.23. The highest BCUT2D eigenvalue weighted by atomic mass is 15.1. The van der Waals surface area contributed by atoms with E-state index in [0.717, 1.165) is 25.2 Å². The van der Waals surface area contributed by atoms with Gasteiger partial charge in [0.25, 0.3) is 0 Å². The second-order valence-corrected chi connectivity index (χ2v) is 4.20. The molecule has 0 aliphatic rings. The Morgan fingerprint density at radius 2 is 2.06 bits per heavy atom. The van der Waals surface area contributed by atoms with Crippen LogP contribution in [0.5, 0.6) is 0 Å². The molecule has 0 heterocycles. The van der Waals surface area contributed by atoms with Crippen LogP contribution in [0.4, 0.5) is 0 Å². The number of nitrogens with two attached hydrogens (primary N) is 1. The fourth-order valence-electron chi connectivity index (χ4n) is 1.86. The predicted molar refractivity (Wildman–Crippen MR) is 74.1 cm³/mol. The Balaban J connectivity index is 2.71. The molecule has 0 atom stereocenters. The van der Waals surface area contributed by atoms with Gasteiger partial charge in [-0.25, -0.2) is 0 Å². The molecule has 3 nitrogen and oxygen atoms in total. The number of benzene rings is 1. The van der Waals surface area contributed by atoms with E-state index in [2.05, 4.69) is 42.0 Å². The van der Waals surface area contributed by atoms with E-state index in [1.807, 2.05) is 6.07 Å². The van der Waals surface area contributed by atoms with Gasteiger partial charge in [-0.15, -0.1) is 0 Å². The van der Waals surface area contributed by atoms with E-state index in [-0.39, 0.29) is 0 Å². The number of nitrogens with zero attached hydrogens (tertiary/aromatic N) is 2. The SMILES string of the molecule is CCCCN(CC)Cc1ccccc1C=NN. The van der Waals surface area contributed by atoms with E-state index in [0.29, 0.717) is 0 Å². The minimum Gasteiger partial charge on any atom is -0.323 e. The van der Waals surface area contributed by atoms with E-state index in [9.17, 15) is 0 Å². The normalized spacial score (nSPS) is 11.5. The van der Waals surface area contributed by atoms with Crippen molar-refractivity contribution in [2.75, 3.05) is 13.1 Å². The number of unbranched alkanes of at least 4 members (excludes halogenated alkanes) is 1. The van der Waals surface area contributed by atoms with Gasteiger partial charge in [0.05, 0.1) is 6.21 Å². The molecule has 0 radical (unpaired) electrons. The molecule has 1 rings (SSSR count). The summed E-state index contributed by atoms with van der Waals surface area (Å²) < 4.78 is 0. The topological polar surface area (TPSA) is 41.6 Å². The molecule has 0 spiro atoms. The van der Waals surface area contributed by atoms with Crippen LogP contribution in [0.3, 0.4) is 0 Å². The molecule has 1 aromatic carbocycles. The molecule has 0 aliphatic carbocycles. The van der Waals surface area contributed by atoms with Gasteiger partial charge in [0.15, 0.2) is 0 Å². The lowest BCUT2D eigenvalue weighted by Gasteiger charge is -2.21. The Kier molecular flexibility index (Phi) is 6.33. The summed E-state index contributed by atoms with van der Waals surface area (Å²) in [7, 11) is 0. The van der Waals surface area contributed by atoms with Crippen molar-refractivity contribution in [3.05, 3.63) is 35.4 Å². The van der Waals surface area contributed by atoms with Crippen molar-refractivity contribution in [3.8, 4) is 0 Å². The predicted octanol–water partition coefficient (Wildman–Crippen LogP) is 2.60. The van der Waals surface area contributed by atoms with E-state index in [4.69, 9.17) is 5.84 Å². The highest BCUT2D eigenvalue weighted by molar-refractivity contribution is 5.81. The summed E-state index contributed by atoms with van der Waals surface area (Å²) in [5, 5.41) is 3.62. The molecule has 2 N–H and O–H groups in total. The Bertz CT molecular complexity index is 347. The summed E-state index contributed by atoms with van der Waals surface area (Å²) in [4.78, 5) is 2.45. The molecule has 3 heteroatoms. The summed E-state index contributed by atoms with van der Waals surface area (Å²) in [5.41, 5.74) is 2.41. The lowest BCUT2D eigenvalue weighted by molar-refractivity contribution is 0.275. The largest absolute Gasteiger partial charge is 0.323 e. The molecule has 0 aliphatic heterocycles. The zero-order chi connectivity index (χ0) is 12.5. The molecule has 1 aromatic rings. The number of hydrogen-bond donors (Lipinski definition) is 1. The van der Waals surface area contributed by atoms with Crippen LogP contribution in [-0.2, 0) is 6.54 Å². The summed E-state index contributed by atoms with van der Waals surface area (Å²) in [6, 6.07) is 8.28. The zero-order valence-electron chi connectivity index (χ0n) is 10.9. The average Bonchev–Trinajstić information content (AvgIpc) is 2.36. The first-order valence-electron chi connectivity index (χ1n) is 6.35.